The fraction of sp³-hybridized carbons (Fsp3) is 0.250. The summed E-state index contributed by atoms with van der Waals surface area (Å²) in [6.45, 7) is -2.59. The van der Waals surface area contributed by atoms with Crippen LogP contribution in [0.2, 0.25) is 0 Å². The van der Waals surface area contributed by atoms with E-state index in [0.29, 0.717) is 14.5 Å². The Morgan fingerprint density at radius 1 is 1.36 bits per heavy atom. The zero-order valence-electron chi connectivity index (χ0n) is 6.94. The van der Waals surface area contributed by atoms with Crippen molar-refractivity contribution in [2.24, 2.45) is 5.73 Å². The first-order chi connectivity index (χ1) is 6.54. The van der Waals surface area contributed by atoms with Crippen LogP contribution in [0.25, 0.3) is 0 Å². The fourth-order valence-corrected chi connectivity index (χ4v) is 1.92. The molecule has 0 spiro atoms. The summed E-state index contributed by atoms with van der Waals surface area (Å²) >= 11 is 6.32. The van der Waals surface area contributed by atoms with E-state index in [1.165, 1.54) is 6.07 Å². The van der Waals surface area contributed by atoms with Crippen LogP contribution >= 0.6 is 31.9 Å². The lowest BCUT2D eigenvalue weighted by molar-refractivity contribution is -0.0504. The molecule has 1 aromatic carbocycles. The molecule has 2 N–H and O–H groups in total. The maximum atomic E-state index is 12.0. The molecule has 0 heterocycles. The zero-order chi connectivity index (χ0) is 10.7. The number of halogens is 4. The van der Waals surface area contributed by atoms with Gasteiger partial charge in [0.15, 0.2) is 0 Å². The van der Waals surface area contributed by atoms with Crippen LogP contribution in [0.5, 0.6) is 5.75 Å². The molecule has 0 aliphatic rings. The van der Waals surface area contributed by atoms with Crippen LogP contribution in [0.4, 0.5) is 8.78 Å². The smallest absolute Gasteiger partial charge is 0.387 e. The molecule has 78 valence electrons. The number of hydrogen-bond acceptors (Lipinski definition) is 2. The molecule has 6 heteroatoms. The van der Waals surface area contributed by atoms with E-state index >= 15 is 0 Å². The molecule has 1 rings (SSSR count). The van der Waals surface area contributed by atoms with Crippen LogP contribution in [-0.2, 0) is 6.54 Å². The number of ether oxygens (including phenoxy) is 1. The van der Waals surface area contributed by atoms with Gasteiger partial charge < -0.3 is 10.5 Å². The highest BCUT2D eigenvalue weighted by atomic mass is 79.9. The van der Waals surface area contributed by atoms with Gasteiger partial charge in [0.25, 0.3) is 0 Å². The summed E-state index contributed by atoms with van der Waals surface area (Å²) in [5.41, 5.74) is 6.13. The van der Waals surface area contributed by atoms with Gasteiger partial charge in [0.2, 0.25) is 0 Å². The van der Waals surface area contributed by atoms with Gasteiger partial charge in [-0.2, -0.15) is 8.78 Å². The van der Waals surface area contributed by atoms with Gasteiger partial charge in [-0.05, 0) is 33.6 Å². The Kier molecular flexibility index (Phi) is 4.28. The molecule has 14 heavy (non-hydrogen) atoms. The van der Waals surface area contributed by atoms with E-state index in [2.05, 4.69) is 36.6 Å². The SMILES string of the molecule is NCc1cc(Br)cc(OC(F)F)c1Br. The van der Waals surface area contributed by atoms with E-state index in [1.807, 2.05) is 0 Å². The van der Waals surface area contributed by atoms with Gasteiger partial charge in [0.05, 0.1) is 4.47 Å². The van der Waals surface area contributed by atoms with Gasteiger partial charge in [0, 0.05) is 11.0 Å². The molecular formula is C8H7Br2F2NO. The van der Waals surface area contributed by atoms with Crippen LogP contribution in [0.3, 0.4) is 0 Å². The number of hydrogen-bond donors (Lipinski definition) is 1. The molecule has 0 fully saturated rings. The van der Waals surface area contributed by atoms with Crippen LogP contribution in [0.1, 0.15) is 5.56 Å². The monoisotopic (exact) mass is 329 g/mol. The molecule has 0 radical (unpaired) electrons. The number of rotatable bonds is 3. The van der Waals surface area contributed by atoms with Gasteiger partial charge >= 0.3 is 6.61 Å². The number of alkyl halides is 2. The first kappa shape index (κ1) is 11.9. The maximum absolute atomic E-state index is 12.0. The molecule has 0 amide bonds. The van der Waals surface area contributed by atoms with Gasteiger partial charge in [0.1, 0.15) is 5.75 Å². The maximum Gasteiger partial charge on any atom is 0.387 e. The van der Waals surface area contributed by atoms with E-state index in [-0.39, 0.29) is 12.3 Å². The van der Waals surface area contributed by atoms with Gasteiger partial charge in [-0.25, -0.2) is 0 Å². The largest absolute Gasteiger partial charge is 0.434 e. The molecule has 0 aliphatic carbocycles. The topological polar surface area (TPSA) is 35.2 Å². The summed E-state index contributed by atoms with van der Waals surface area (Å²) in [5.74, 6) is 0.0785. The van der Waals surface area contributed by atoms with E-state index in [0.717, 1.165) is 0 Å². The molecule has 0 bridgehead atoms. The average molecular weight is 331 g/mol. The second-order valence-corrected chi connectivity index (χ2v) is 4.17. The Hall–Kier alpha value is -0.200. The molecule has 0 atom stereocenters. The van der Waals surface area contributed by atoms with E-state index < -0.39 is 6.61 Å². The van der Waals surface area contributed by atoms with Crippen molar-refractivity contribution in [2.75, 3.05) is 0 Å². The molecule has 0 unspecified atom stereocenters. The predicted molar refractivity (Wildman–Crippen MR) is 56.4 cm³/mol. The van der Waals surface area contributed by atoms with Crippen LogP contribution < -0.4 is 10.5 Å². The number of nitrogens with two attached hydrogens (primary N) is 1. The lowest BCUT2D eigenvalue weighted by Crippen LogP contribution is -2.05. The third-order valence-corrected chi connectivity index (χ3v) is 2.87. The highest BCUT2D eigenvalue weighted by molar-refractivity contribution is 9.11. The fourth-order valence-electron chi connectivity index (χ4n) is 0.949. The molecule has 0 aliphatic heterocycles. The van der Waals surface area contributed by atoms with Crippen molar-refractivity contribution in [1.82, 2.24) is 0 Å². The molecule has 0 saturated heterocycles. The Labute approximate surface area is 96.7 Å². The lowest BCUT2D eigenvalue weighted by Gasteiger charge is -2.10. The molecular weight excluding hydrogens is 324 g/mol. The zero-order valence-corrected chi connectivity index (χ0v) is 10.1. The lowest BCUT2D eigenvalue weighted by atomic mass is 10.2. The van der Waals surface area contributed by atoms with E-state index in [9.17, 15) is 8.78 Å². The van der Waals surface area contributed by atoms with Crippen LogP contribution in [0, 0.1) is 0 Å². The summed E-state index contributed by atoms with van der Waals surface area (Å²) in [4.78, 5) is 0. The van der Waals surface area contributed by atoms with E-state index in [1.54, 1.807) is 6.07 Å². The summed E-state index contributed by atoms with van der Waals surface area (Å²) in [7, 11) is 0. The van der Waals surface area contributed by atoms with Crippen molar-refractivity contribution in [3.63, 3.8) is 0 Å². The molecule has 0 aromatic heterocycles. The minimum Gasteiger partial charge on any atom is -0.434 e. The van der Waals surface area contributed by atoms with Gasteiger partial charge in [-0.1, -0.05) is 15.9 Å². The summed E-state index contributed by atoms with van der Waals surface area (Å²) in [5, 5.41) is 0. The van der Waals surface area contributed by atoms with E-state index in [4.69, 9.17) is 5.73 Å². The second-order valence-electron chi connectivity index (χ2n) is 2.46. The number of benzene rings is 1. The minimum atomic E-state index is -2.84. The standard InChI is InChI=1S/C8H7Br2F2NO/c9-5-1-4(3-13)7(10)6(2-5)14-8(11)12/h1-2,8H,3,13H2. The second kappa shape index (κ2) is 5.04. The van der Waals surface area contributed by atoms with Crippen LogP contribution in [-0.4, -0.2) is 6.61 Å². The predicted octanol–water partition coefficient (Wildman–Crippen LogP) is 3.27. The Morgan fingerprint density at radius 3 is 2.50 bits per heavy atom. The minimum absolute atomic E-state index is 0.0785. The first-order valence-electron chi connectivity index (χ1n) is 3.67. The third-order valence-electron chi connectivity index (χ3n) is 1.52. The normalized spacial score (nSPS) is 10.7. The average Bonchev–Trinajstić information content (AvgIpc) is 2.09. The highest BCUT2D eigenvalue weighted by Crippen LogP contribution is 2.33. The van der Waals surface area contributed by atoms with Crippen molar-refractivity contribution in [2.45, 2.75) is 13.2 Å². The molecule has 0 saturated carbocycles. The first-order valence-corrected chi connectivity index (χ1v) is 5.26. The summed E-state index contributed by atoms with van der Waals surface area (Å²) in [6, 6.07) is 3.19. The third kappa shape index (κ3) is 2.90. The Bertz CT molecular complexity index is 333. The Balaban J connectivity index is 3.08. The van der Waals surface area contributed by atoms with Gasteiger partial charge in [-0.15, -0.1) is 0 Å². The van der Waals surface area contributed by atoms with Crippen molar-refractivity contribution < 1.29 is 13.5 Å². The molecule has 1 aromatic rings. The van der Waals surface area contributed by atoms with Crippen molar-refractivity contribution >= 4 is 31.9 Å². The van der Waals surface area contributed by atoms with Crippen molar-refractivity contribution in [3.8, 4) is 5.75 Å². The van der Waals surface area contributed by atoms with Gasteiger partial charge in [-0.3, -0.25) is 0 Å². The van der Waals surface area contributed by atoms with Crippen LogP contribution in [0.15, 0.2) is 21.1 Å². The van der Waals surface area contributed by atoms with Crippen molar-refractivity contribution in [1.29, 1.82) is 0 Å². The van der Waals surface area contributed by atoms with Crippen molar-refractivity contribution in [3.05, 3.63) is 26.6 Å². The molecule has 2 nitrogen and oxygen atoms in total. The summed E-state index contributed by atoms with van der Waals surface area (Å²) < 4.78 is 29.4. The quantitative estimate of drug-likeness (QED) is 0.923. The highest BCUT2D eigenvalue weighted by Gasteiger charge is 2.12. The Morgan fingerprint density at radius 2 is 2.00 bits per heavy atom. The summed E-state index contributed by atoms with van der Waals surface area (Å²) in [6.07, 6.45) is 0.